The molecule has 1 saturated heterocycles. The largest absolute Gasteiger partial charge is 0.444 e. The third kappa shape index (κ3) is 4.44. The van der Waals surface area contributed by atoms with Gasteiger partial charge in [0.05, 0.1) is 16.9 Å². The quantitative estimate of drug-likeness (QED) is 0.622. The van der Waals surface area contributed by atoms with E-state index in [-0.39, 0.29) is 23.6 Å². The summed E-state index contributed by atoms with van der Waals surface area (Å²) in [5.41, 5.74) is 0.254. The maximum atomic E-state index is 11.9. The molecular weight excluding hydrogens is 310 g/mol. The summed E-state index contributed by atoms with van der Waals surface area (Å²) in [7, 11) is 0. The summed E-state index contributed by atoms with van der Waals surface area (Å²) in [6.07, 6.45) is 0.288. The van der Waals surface area contributed by atoms with E-state index in [4.69, 9.17) is 4.74 Å². The van der Waals surface area contributed by atoms with Crippen LogP contribution < -0.4 is 0 Å². The molecule has 1 fully saturated rings. The zero-order valence-corrected chi connectivity index (χ0v) is 14.1. The van der Waals surface area contributed by atoms with E-state index in [1.54, 1.807) is 17.0 Å². The monoisotopic (exact) mass is 331 g/mol. The molecule has 0 spiro atoms. The molecule has 0 radical (unpaired) electrons. The van der Waals surface area contributed by atoms with Gasteiger partial charge in [-0.15, -0.1) is 0 Å². The van der Waals surface area contributed by atoms with Crippen LogP contribution in [0.1, 0.15) is 38.7 Å². The molecule has 2 rings (SSSR count). The number of carbonyl (C=O) groups excluding carboxylic acids is 1. The molecule has 1 aliphatic heterocycles. The van der Waals surface area contributed by atoms with E-state index in [2.05, 4.69) is 6.07 Å². The zero-order chi connectivity index (χ0) is 17.9. The number of ether oxygens (including phenoxy) is 1. The van der Waals surface area contributed by atoms with Gasteiger partial charge in [-0.25, -0.2) is 4.79 Å². The lowest BCUT2D eigenvalue weighted by atomic mass is 9.86. The average molecular weight is 331 g/mol. The molecule has 0 bridgehead atoms. The highest BCUT2D eigenvalue weighted by atomic mass is 16.6. The Kier molecular flexibility index (Phi) is 5.07. The van der Waals surface area contributed by atoms with Gasteiger partial charge in [-0.2, -0.15) is 5.26 Å². The van der Waals surface area contributed by atoms with Crippen LogP contribution in [-0.4, -0.2) is 34.6 Å². The van der Waals surface area contributed by atoms with E-state index in [0.29, 0.717) is 19.5 Å². The normalized spacial score (nSPS) is 16.0. The molecule has 1 aliphatic rings. The summed E-state index contributed by atoms with van der Waals surface area (Å²) in [6.45, 7) is 6.60. The number of carbonyl (C=O) groups is 1. The van der Waals surface area contributed by atoms with Gasteiger partial charge in [0.15, 0.2) is 0 Å². The number of hydrogen-bond acceptors (Lipinski definition) is 5. The highest BCUT2D eigenvalue weighted by molar-refractivity contribution is 5.69. The number of benzene rings is 1. The molecular formula is C17H21N3O4. The van der Waals surface area contributed by atoms with Crippen molar-refractivity contribution in [1.29, 1.82) is 5.26 Å². The van der Waals surface area contributed by atoms with Crippen LogP contribution >= 0.6 is 0 Å². The molecule has 1 amide bonds. The number of likely N-dealkylation sites (tertiary alicyclic amines) is 1. The van der Waals surface area contributed by atoms with Crippen LogP contribution in [-0.2, 0) is 4.74 Å². The fourth-order valence-electron chi connectivity index (χ4n) is 2.62. The number of nitro groups is 1. The highest BCUT2D eigenvalue weighted by Gasteiger charge is 2.35. The Morgan fingerprint density at radius 2 is 2.00 bits per heavy atom. The molecule has 1 heterocycles. The smallest absolute Gasteiger partial charge is 0.410 e. The number of rotatable bonds is 4. The molecule has 0 aliphatic carbocycles. The van der Waals surface area contributed by atoms with E-state index >= 15 is 0 Å². The van der Waals surface area contributed by atoms with Gasteiger partial charge in [0.1, 0.15) is 5.60 Å². The second-order valence-corrected chi connectivity index (χ2v) is 7.02. The first-order chi connectivity index (χ1) is 11.2. The van der Waals surface area contributed by atoms with Crippen LogP contribution in [0.15, 0.2) is 24.3 Å². The molecule has 1 unspecified atom stereocenters. The van der Waals surface area contributed by atoms with Crippen molar-refractivity contribution >= 4 is 11.8 Å². The summed E-state index contributed by atoms with van der Waals surface area (Å²) in [4.78, 5) is 23.7. The van der Waals surface area contributed by atoms with Crippen molar-refractivity contribution in [3.63, 3.8) is 0 Å². The van der Waals surface area contributed by atoms with Crippen LogP contribution in [0, 0.1) is 27.4 Å². The molecule has 7 heteroatoms. The topological polar surface area (TPSA) is 96.5 Å². The Bertz CT molecular complexity index is 652. The average Bonchev–Trinajstić information content (AvgIpc) is 2.44. The standard InChI is InChI=1S/C17H21N3O4/c1-17(2,3)24-16(21)19-10-12(11-19)8-14(9-18)13-4-6-15(7-5-13)20(22)23/h4-7,12,14H,8,10-11H2,1-3H3. The predicted octanol–water partition coefficient (Wildman–Crippen LogP) is 3.46. The first-order valence-electron chi connectivity index (χ1n) is 7.81. The minimum Gasteiger partial charge on any atom is -0.444 e. The maximum Gasteiger partial charge on any atom is 0.410 e. The predicted molar refractivity (Wildman–Crippen MR) is 87.4 cm³/mol. The van der Waals surface area contributed by atoms with Gasteiger partial charge >= 0.3 is 6.09 Å². The van der Waals surface area contributed by atoms with Gasteiger partial charge in [0.2, 0.25) is 0 Å². The number of nitro benzene ring substituents is 1. The fraction of sp³-hybridized carbons (Fsp3) is 0.529. The summed E-state index contributed by atoms with van der Waals surface area (Å²) < 4.78 is 5.30. The third-order valence-electron chi connectivity index (χ3n) is 3.84. The Morgan fingerprint density at radius 1 is 1.42 bits per heavy atom. The van der Waals surface area contributed by atoms with Gasteiger partial charge in [0, 0.05) is 25.2 Å². The highest BCUT2D eigenvalue weighted by Crippen LogP contribution is 2.30. The van der Waals surface area contributed by atoms with Crippen LogP contribution in [0.3, 0.4) is 0 Å². The van der Waals surface area contributed by atoms with Gasteiger partial charge in [0.25, 0.3) is 5.69 Å². The zero-order valence-electron chi connectivity index (χ0n) is 14.1. The first kappa shape index (κ1) is 17.7. The summed E-state index contributed by atoms with van der Waals surface area (Å²) in [6, 6.07) is 8.31. The van der Waals surface area contributed by atoms with Crippen LogP contribution in [0.5, 0.6) is 0 Å². The van der Waals surface area contributed by atoms with E-state index in [0.717, 1.165) is 5.56 Å². The summed E-state index contributed by atoms with van der Waals surface area (Å²) >= 11 is 0. The van der Waals surface area contributed by atoms with Gasteiger partial charge in [-0.3, -0.25) is 10.1 Å². The molecule has 24 heavy (non-hydrogen) atoms. The molecule has 0 aromatic heterocycles. The van der Waals surface area contributed by atoms with E-state index < -0.39 is 10.5 Å². The van der Waals surface area contributed by atoms with Gasteiger partial charge in [-0.05, 0) is 38.7 Å². The van der Waals surface area contributed by atoms with Crippen molar-refractivity contribution in [2.24, 2.45) is 5.92 Å². The number of non-ortho nitro benzene ring substituents is 1. The lowest BCUT2D eigenvalue weighted by Gasteiger charge is -2.40. The lowest BCUT2D eigenvalue weighted by Crippen LogP contribution is -2.51. The molecule has 7 nitrogen and oxygen atoms in total. The Morgan fingerprint density at radius 3 is 2.46 bits per heavy atom. The molecule has 1 atom stereocenters. The van der Waals surface area contributed by atoms with E-state index in [9.17, 15) is 20.2 Å². The molecule has 0 N–H and O–H groups in total. The van der Waals surface area contributed by atoms with Crippen molar-refractivity contribution in [3.8, 4) is 6.07 Å². The maximum absolute atomic E-state index is 11.9. The Hall–Kier alpha value is -2.62. The Labute approximate surface area is 141 Å². The molecule has 0 saturated carbocycles. The van der Waals surface area contributed by atoms with E-state index in [1.807, 2.05) is 20.8 Å². The minimum atomic E-state index is -0.518. The van der Waals surface area contributed by atoms with Crippen molar-refractivity contribution in [2.75, 3.05) is 13.1 Å². The van der Waals surface area contributed by atoms with E-state index in [1.165, 1.54) is 12.1 Å². The SMILES string of the molecule is CC(C)(C)OC(=O)N1CC(CC(C#N)c2ccc([N+](=O)[O-])cc2)C1. The summed E-state index contributed by atoms with van der Waals surface area (Å²) in [5.74, 6) is -0.103. The van der Waals surface area contributed by atoms with Gasteiger partial charge < -0.3 is 9.64 Å². The van der Waals surface area contributed by atoms with Crippen LogP contribution in [0.4, 0.5) is 10.5 Å². The third-order valence-corrected chi connectivity index (χ3v) is 3.84. The fourth-order valence-corrected chi connectivity index (χ4v) is 2.62. The van der Waals surface area contributed by atoms with Crippen LogP contribution in [0.2, 0.25) is 0 Å². The molecule has 128 valence electrons. The van der Waals surface area contributed by atoms with Crippen molar-refractivity contribution in [1.82, 2.24) is 4.90 Å². The number of nitrogens with zero attached hydrogens (tertiary/aromatic N) is 3. The number of nitriles is 1. The second kappa shape index (κ2) is 6.87. The minimum absolute atomic E-state index is 0.00943. The van der Waals surface area contributed by atoms with Crippen LogP contribution in [0.25, 0.3) is 0 Å². The lowest BCUT2D eigenvalue weighted by molar-refractivity contribution is -0.384. The summed E-state index contributed by atoms with van der Waals surface area (Å²) in [5, 5.41) is 20.0. The molecule has 1 aromatic carbocycles. The van der Waals surface area contributed by atoms with Crippen molar-refractivity contribution < 1.29 is 14.5 Å². The first-order valence-corrected chi connectivity index (χ1v) is 7.81. The number of amides is 1. The second-order valence-electron chi connectivity index (χ2n) is 7.02. The van der Waals surface area contributed by atoms with Crippen molar-refractivity contribution in [2.45, 2.75) is 38.7 Å². The molecule has 1 aromatic rings. The van der Waals surface area contributed by atoms with Crippen molar-refractivity contribution in [3.05, 3.63) is 39.9 Å². The van der Waals surface area contributed by atoms with Gasteiger partial charge in [-0.1, -0.05) is 12.1 Å². The number of hydrogen-bond donors (Lipinski definition) is 0. The Balaban J connectivity index is 1.88.